The number of benzene rings is 2. The molecule has 7 nitrogen and oxygen atoms in total. The van der Waals surface area contributed by atoms with Crippen LogP contribution in [0, 0.1) is 5.92 Å². The number of carbonyl (C=O) groups excluding carboxylic acids is 3. The van der Waals surface area contributed by atoms with Gasteiger partial charge in [-0.3, -0.25) is 14.4 Å². The molecule has 0 unspecified atom stereocenters. The third-order valence-electron chi connectivity index (χ3n) is 7.86. The van der Waals surface area contributed by atoms with Gasteiger partial charge in [-0.25, -0.2) is 0 Å². The van der Waals surface area contributed by atoms with E-state index in [-0.39, 0.29) is 30.0 Å². The molecule has 2 aromatic carbocycles. The van der Waals surface area contributed by atoms with Gasteiger partial charge in [-0.1, -0.05) is 25.1 Å². The van der Waals surface area contributed by atoms with Crippen LogP contribution >= 0.6 is 0 Å². The molecular weight excluding hydrogens is 521 g/mol. The first-order valence-corrected chi connectivity index (χ1v) is 14.0. The minimum absolute atomic E-state index is 0.0310. The van der Waals surface area contributed by atoms with Crippen LogP contribution in [0.2, 0.25) is 0 Å². The summed E-state index contributed by atoms with van der Waals surface area (Å²) < 4.78 is 38.6. The lowest BCUT2D eigenvalue weighted by molar-refractivity contribution is -0.137. The van der Waals surface area contributed by atoms with Crippen molar-refractivity contribution in [2.24, 2.45) is 5.92 Å². The Kier molecular flexibility index (Phi) is 9.84. The zero-order chi connectivity index (χ0) is 28.7. The second-order valence-electron chi connectivity index (χ2n) is 10.7. The van der Waals surface area contributed by atoms with E-state index >= 15 is 0 Å². The smallest absolute Gasteiger partial charge is 0.350 e. The van der Waals surface area contributed by atoms with Gasteiger partial charge in [0.15, 0.2) is 0 Å². The molecule has 10 heteroatoms. The Hall–Kier alpha value is -3.40. The fourth-order valence-corrected chi connectivity index (χ4v) is 5.39. The molecule has 2 aliphatic rings. The van der Waals surface area contributed by atoms with Crippen molar-refractivity contribution in [2.75, 3.05) is 39.3 Å². The van der Waals surface area contributed by atoms with E-state index in [0.29, 0.717) is 5.92 Å². The van der Waals surface area contributed by atoms with E-state index in [1.807, 2.05) is 29.2 Å². The maximum absolute atomic E-state index is 12.9. The monoisotopic (exact) mass is 558 g/mol. The first-order valence-electron chi connectivity index (χ1n) is 14.0. The normalized spacial score (nSPS) is 18.5. The van der Waals surface area contributed by atoms with Crippen LogP contribution in [0.25, 0.3) is 0 Å². The number of hydrogen-bond acceptors (Lipinski definition) is 4. The van der Waals surface area contributed by atoms with Crippen LogP contribution in [-0.4, -0.2) is 72.8 Å². The Bertz CT molecular complexity index is 1180. The predicted molar refractivity (Wildman–Crippen MR) is 146 cm³/mol. The average Bonchev–Trinajstić information content (AvgIpc) is 3.41. The van der Waals surface area contributed by atoms with Gasteiger partial charge >= 0.3 is 6.18 Å². The van der Waals surface area contributed by atoms with Crippen LogP contribution in [0.4, 0.5) is 13.2 Å². The van der Waals surface area contributed by atoms with E-state index in [4.69, 9.17) is 0 Å². The number of carbonyl (C=O) groups is 3. The highest BCUT2D eigenvalue weighted by molar-refractivity contribution is 5.96. The van der Waals surface area contributed by atoms with Gasteiger partial charge in [0, 0.05) is 43.3 Å². The van der Waals surface area contributed by atoms with Gasteiger partial charge in [-0.05, 0) is 80.5 Å². The molecule has 216 valence electrons. The van der Waals surface area contributed by atoms with Crippen LogP contribution in [0.15, 0.2) is 48.5 Å². The first kappa shape index (κ1) is 29.6. The van der Waals surface area contributed by atoms with E-state index in [9.17, 15) is 27.6 Å². The summed E-state index contributed by atoms with van der Waals surface area (Å²) in [4.78, 5) is 41.6. The fraction of sp³-hybridized carbons (Fsp3) is 0.500. The summed E-state index contributed by atoms with van der Waals surface area (Å²) in [6, 6.07) is 12.0. The standard InChI is InChI=1S/C30H37F3N4O3/c1-2-21-6-8-23(9-7-21)29(40)37-16-11-22(12-17-37)10-14-36-15-13-26(20-36)35-27(38)19-34-28(39)24-4-3-5-25(18-24)30(31,32)33/h3-9,18,22,26H,2,10-17,19-20H2,1H3,(H,34,39)(H,35,38)/t26-/m1/s1. The summed E-state index contributed by atoms with van der Waals surface area (Å²) >= 11 is 0. The summed E-state index contributed by atoms with van der Waals surface area (Å²) in [7, 11) is 0. The fourth-order valence-electron chi connectivity index (χ4n) is 5.39. The second kappa shape index (κ2) is 13.3. The second-order valence-corrected chi connectivity index (χ2v) is 10.7. The number of nitrogens with one attached hydrogen (secondary N) is 2. The van der Waals surface area contributed by atoms with Crippen LogP contribution in [0.3, 0.4) is 0 Å². The maximum atomic E-state index is 12.9. The Balaban J connectivity index is 1.12. The number of hydrogen-bond donors (Lipinski definition) is 2. The predicted octanol–water partition coefficient (Wildman–Crippen LogP) is 4.13. The first-order chi connectivity index (χ1) is 19.1. The average molecular weight is 559 g/mol. The Morgan fingerprint density at radius 3 is 2.35 bits per heavy atom. The number of amides is 3. The molecular formula is C30H37F3N4O3. The molecule has 0 aromatic heterocycles. The van der Waals surface area contributed by atoms with Crippen molar-refractivity contribution in [1.82, 2.24) is 20.4 Å². The lowest BCUT2D eigenvalue weighted by Gasteiger charge is -2.33. The van der Waals surface area contributed by atoms with Gasteiger partial charge in [0.25, 0.3) is 11.8 Å². The third kappa shape index (κ3) is 8.06. The molecule has 4 rings (SSSR count). The highest BCUT2D eigenvalue weighted by Gasteiger charge is 2.31. The van der Waals surface area contributed by atoms with Crippen molar-refractivity contribution in [1.29, 1.82) is 0 Å². The lowest BCUT2D eigenvalue weighted by Crippen LogP contribution is -2.43. The molecule has 2 saturated heterocycles. The Labute approximate surface area is 233 Å². The van der Waals surface area contributed by atoms with E-state index in [1.165, 1.54) is 17.7 Å². The highest BCUT2D eigenvalue weighted by Crippen LogP contribution is 2.29. The number of rotatable bonds is 9. The van der Waals surface area contributed by atoms with E-state index < -0.39 is 17.6 Å². The lowest BCUT2D eigenvalue weighted by atomic mass is 9.93. The minimum Gasteiger partial charge on any atom is -0.350 e. The zero-order valence-electron chi connectivity index (χ0n) is 22.8. The van der Waals surface area contributed by atoms with E-state index in [2.05, 4.69) is 22.5 Å². The maximum Gasteiger partial charge on any atom is 0.416 e. The summed E-state index contributed by atoms with van der Waals surface area (Å²) in [5.74, 6) is -0.429. The Morgan fingerprint density at radius 1 is 0.950 bits per heavy atom. The molecule has 1 atom stereocenters. The summed E-state index contributed by atoms with van der Waals surface area (Å²) in [5.41, 5.74) is 0.915. The van der Waals surface area contributed by atoms with Gasteiger partial charge in [-0.2, -0.15) is 13.2 Å². The van der Waals surface area contributed by atoms with Gasteiger partial charge in [0.2, 0.25) is 5.91 Å². The molecule has 2 fully saturated rings. The molecule has 2 heterocycles. The molecule has 2 aromatic rings. The van der Waals surface area contributed by atoms with Gasteiger partial charge in [0.1, 0.15) is 0 Å². The van der Waals surface area contributed by atoms with Crippen LogP contribution in [0.1, 0.15) is 64.4 Å². The van der Waals surface area contributed by atoms with E-state index in [0.717, 1.165) is 82.5 Å². The summed E-state index contributed by atoms with van der Waals surface area (Å²) in [5, 5.41) is 5.31. The quantitative estimate of drug-likeness (QED) is 0.485. The van der Waals surface area contributed by atoms with Crippen LogP contribution in [0.5, 0.6) is 0 Å². The SMILES string of the molecule is CCc1ccc(C(=O)N2CCC(CCN3CC[C@@H](NC(=O)CNC(=O)c4cccc(C(F)(F)F)c4)C3)CC2)cc1. The number of piperidine rings is 1. The van der Waals surface area contributed by atoms with Gasteiger partial charge < -0.3 is 20.4 Å². The molecule has 0 bridgehead atoms. The number of aryl methyl sites for hydroxylation is 1. The van der Waals surface area contributed by atoms with E-state index in [1.54, 1.807) is 0 Å². The topological polar surface area (TPSA) is 81.8 Å². The number of alkyl halides is 3. The molecule has 0 saturated carbocycles. The summed E-state index contributed by atoms with van der Waals surface area (Å²) in [6.45, 7) is 5.85. The number of nitrogens with zero attached hydrogens (tertiary/aromatic N) is 2. The van der Waals surface area contributed by atoms with Crippen molar-refractivity contribution in [2.45, 2.75) is 51.2 Å². The van der Waals surface area contributed by atoms with Crippen molar-refractivity contribution in [3.05, 3.63) is 70.8 Å². The Morgan fingerprint density at radius 2 is 1.68 bits per heavy atom. The molecule has 40 heavy (non-hydrogen) atoms. The van der Waals surface area contributed by atoms with Crippen LogP contribution < -0.4 is 10.6 Å². The van der Waals surface area contributed by atoms with Crippen molar-refractivity contribution in [3.63, 3.8) is 0 Å². The third-order valence-corrected chi connectivity index (χ3v) is 7.86. The molecule has 2 aliphatic heterocycles. The molecule has 2 N–H and O–H groups in total. The van der Waals surface area contributed by atoms with Crippen molar-refractivity contribution in [3.8, 4) is 0 Å². The zero-order valence-corrected chi connectivity index (χ0v) is 22.8. The molecule has 0 radical (unpaired) electrons. The van der Waals surface area contributed by atoms with Gasteiger partial charge in [0.05, 0.1) is 12.1 Å². The minimum atomic E-state index is -4.54. The highest BCUT2D eigenvalue weighted by atomic mass is 19.4. The molecule has 0 aliphatic carbocycles. The van der Waals surface area contributed by atoms with Crippen molar-refractivity contribution < 1.29 is 27.6 Å². The molecule has 3 amide bonds. The van der Waals surface area contributed by atoms with Crippen LogP contribution in [-0.2, 0) is 17.4 Å². The summed E-state index contributed by atoms with van der Waals surface area (Å²) in [6.07, 6.45) is 0.225. The molecule has 0 spiro atoms. The number of likely N-dealkylation sites (tertiary alicyclic amines) is 2. The largest absolute Gasteiger partial charge is 0.416 e. The van der Waals surface area contributed by atoms with Crippen molar-refractivity contribution >= 4 is 17.7 Å². The van der Waals surface area contributed by atoms with Gasteiger partial charge in [-0.15, -0.1) is 0 Å². The number of halogens is 3.